The van der Waals surface area contributed by atoms with Gasteiger partial charge in [0.15, 0.2) is 5.82 Å². The summed E-state index contributed by atoms with van der Waals surface area (Å²) in [6.45, 7) is 0.365. The maximum absolute atomic E-state index is 13.7. The van der Waals surface area contributed by atoms with E-state index in [1.807, 2.05) is 0 Å². The number of hydrogen-bond acceptors (Lipinski definition) is 1. The third-order valence-electron chi connectivity index (χ3n) is 2.67. The summed E-state index contributed by atoms with van der Waals surface area (Å²) >= 11 is 8.76. The van der Waals surface area contributed by atoms with Crippen molar-refractivity contribution in [2.75, 3.05) is 17.3 Å². The summed E-state index contributed by atoms with van der Waals surface area (Å²) in [5.74, 6) is -1.26. The smallest absolute Gasteiger partial charge is 0.227 e. The van der Waals surface area contributed by atoms with Crippen molar-refractivity contribution in [1.82, 2.24) is 0 Å². The van der Waals surface area contributed by atoms with E-state index in [0.29, 0.717) is 18.8 Å². The number of rotatable bonds is 2. The van der Waals surface area contributed by atoms with Crippen LogP contribution in [0.25, 0.3) is 0 Å². The van der Waals surface area contributed by atoms with Gasteiger partial charge in [0.05, 0.1) is 5.69 Å². The highest BCUT2D eigenvalue weighted by atomic mass is 79.9. The lowest BCUT2D eigenvalue weighted by molar-refractivity contribution is -0.117. The number of alkyl halides is 1. The van der Waals surface area contributed by atoms with Crippen LogP contribution < -0.4 is 4.90 Å². The minimum absolute atomic E-state index is 0.0144. The van der Waals surface area contributed by atoms with E-state index in [2.05, 4.69) is 15.9 Å². The Kier molecular flexibility index (Phi) is 3.68. The molecule has 1 aromatic rings. The molecule has 0 spiro atoms. The fourth-order valence-electron chi connectivity index (χ4n) is 1.89. The Morgan fingerprint density at radius 3 is 2.71 bits per heavy atom. The fourth-order valence-corrected chi connectivity index (χ4v) is 2.72. The van der Waals surface area contributed by atoms with E-state index in [1.54, 1.807) is 0 Å². The van der Waals surface area contributed by atoms with Crippen molar-refractivity contribution in [3.05, 3.63) is 28.2 Å². The Morgan fingerprint density at radius 1 is 1.47 bits per heavy atom. The van der Waals surface area contributed by atoms with Crippen molar-refractivity contribution in [1.29, 1.82) is 0 Å². The molecule has 1 atom stereocenters. The molecule has 1 saturated heterocycles. The van der Waals surface area contributed by atoms with E-state index < -0.39 is 11.6 Å². The largest absolute Gasteiger partial charge is 0.308 e. The van der Waals surface area contributed by atoms with E-state index in [0.717, 1.165) is 12.1 Å². The summed E-state index contributed by atoms with van der Waals surface area (Å²) in [4.78, 5) is 13.0. The summed E-state index contributed by atoms with van der Waals surface area (Å²) in [5.41, 5.74) is 0.0871. The van der Waals surface area contributed by atoms with Gasteiger partial charge >= 0.3 is 0 Å². The third kappa shape index (κ3) is 2.45. The number of anilines is 1. The molecule has 0 N–H and O–H groups in total. The van der Waals surface area contributed by atoms with Crippen LogP contribution in [-0.2, 0) is 4.79 Å². The molecule has 0 bridgehead atoms. The molecule has 2 rings (SSSR count). The monoisotopic (exact) mass is 323 g/mol. The highest BCUT2D eigenvalue weighted by Gasteiger charge is 2.32. The van der Waals surface area contributed by atoms with Crippen LogP contribution in [-0.4, -0.2) is 18.3 Å². The van der Waals surface area contributed by atoms with Crippen molar-refractivity contribution in [2.24, 2.45) is 5.92 Å². The summed E-state index contributed by atoms with van der Waals surface area (Å²) in [7, 11) is 0. The van der Waals surface area contributed by atoms with E-state index in [1.165, 1.54) is 4.90 Å². The summed E-state index contributed by atoms with van der Waals surface area (Å²) in [6.07, 6.45) is 0.298. The molecule has 0 saturated carbocycles. The Hall–Kier alpha value is -0.680. The number of nitrogens with zero attached hydrogens (tertiary/aromatic N) is 1. The topological polar surface area (TPSA) is 20.3 Å². The second-order valence-electron chi connectivity index (χ2n) is 3.95. The molecule has 0 aliphatic carbocycles. The van der Waals surface area contributed by atoms with Gasteiger partial charge in [0.25, 0.3) is 0 Å². The van der Waals surface area contributed by atoms with Gasteiger partial charge in [-0.15, -0.1) is 11.6 Å². The number of carbonyl (C=O) groups excluding carboxylic acids is 1. The van der Waals surface area contributed by atoms with Crippen molar-refractivity contribution in [2.45, 2.75) is 6.42 Å². The molecule has 0 radical (unpaired) electrons. The van der Waals surface area contributed by atoms with Gasteiger partial charge in [0.1, 0.15) is 5.82 Å². The molecule has 1 fully saturated rings. The van der Waals surface area contributed by atoms with Crippen LogP contribution in [0.2, 0.25) is 0 Å². The van der Waals surface area contributed by atoms with E-state index >= 15 is 0 Å². The quantitative estimate of drug-likeness (QED) is 0.764. The van der Waals surface area contributed by atoms with Gasteiger partial charge in [-0.2, -0.15) is 0 Å². The minimum Gasteiger partial charge on any atom is -0.308 e. The minimum atomic E-state index is -0.750. The predicted molar refractivity (Wildman–Crippen MR) is 65.2 cm³/mol. The fraction of sp³-hybridized carbons (Fsp3) is 0.364. The standard InChI is InChI=1S/C11H9BrClF2NO/c12-8-2-7(14)3-9(15)11(8)16-5-6(4-13)1-10(16)17/h2-3,6H,1,4-5H2. The normalized spacial score (nSPS) is 20.1. The van der Waals surface area contributed by atoms with E-state index in [4.69, 9.17) is 11.6 Å². The van der Waals surface area contributed by atoms with Crippen LogP contribution in [0, 0.1) is 17.6 Å². The Morgan fingerprint density at radius 2 is 2.18 bits per heavy atom. The Labute approximate surface area is 111 Å². The van der Waals surface area contributed by atoms with Gasteiger partial charge in [-0.25, -0.2) is 8.78 Å². The molecule has 2 nitrogen and oxygen atoms in total. The molecule has 6 heteroatoms. The molecule has 1 amide bonds. The molecular formula is C11H9BrClF2NO. The summed E-state index contributed by atoms with van der Waals surface area (Å²) in [5, 5.41) is 0. The lowest BCUT2D eigenvalue weighted by Crippen LogP contribution is -2.26. The van der Waals surface area contributed by atoms with Gasteiger partial charge in [-0.05, 0) is 27.9 Å². The van der Waals surface area contributed by atoms with Gasteiger partial charge in [-0.3, -0.25) is 4.79 Å². The molecule has 1 aliphatic heterocycles. The number of benzene rings is 1. The average molecular weight is 325 g/mol. The number of hydrogen-bond donors (Lipinski definition) is 0. The zero-order valence-electron chi connectivity index (χ0n) is 8.72. The highest BCUT2D eigenvalue weighted by Crippen LogP contribution is 2.34. The van der Waals surface area contributed by atoms with Crippen molar-refractivity contribution < 1.29 is 13.6 Å². The first-order chi connectivity index (χ1) is 8.02. The SMILES string of the molecule is O=C1CC(CCl)CN1c1c(F)cc(F)cc1Br. The van der Waals surface area contributed by atoms with E-state index in [-0.39, 0.29) is 22.0 Å². The zero-order chi connectivity index (χ0) is 12.6. The van der Waals surface area contributed by atoms with Crippen LogP contribution in [0.15, 0.2) is 16.6 Å². The Balaban J connectivity index is 2.38. The molecule has 0 aromatic heterocycles. The maximum Gasteiger partial charge on any atom is 0.227 e. The number of carbonyl (C=O) groups is 1. The first-order valence-electron chi connectivity index (χ1n) is 5.03. The molecule has 1 heterocycles. The Bertz CT molecular complexity index is 446. The molecule has 17 heavy (non-hydrogen) atoms. The first kappa shape index (κ1) is 12.8. The highest BCUT2D eigenvalue weighted by molar-refractivity contribution is 9.10. The van der Waals surface area contributed by atoms with Gasteiger partial charge < -0.3 is 4.90 Å². The number of amides is 1. The van der Waals surface area contributed by atoms with E-state index in [9.17, 15) is 13.6 Å². The van der Waals surface area contributed by atoms with Gasteiger partial charge in [0.2, 0.25) is 5.91 Å². The first-order valence-corrected chi connectivity index (χ1v) is 6.36. The molecule has 1 aromatic carbocycles. The maximum atomic E-state index is 13.7. The second-order valence-corrected chi connectivity index (χ2v) is 5.11. The van der Waals surface area contributed by atoms with Gasteiger partial charge in [0, 0.05) is 29.4 Å². The van der Waals surface area contributed by atoms with Crippen molar-refractivity contribution in [3.8, 4) is 0 Å². The molecule has 1 aliphatic rings. The predicted octanol–water partition coefficient (Wildman–Crippen LogP) is 3.32. The van der Waals surface area contributed by atoms with Crippen molar-refractivity contribution >= 4 is 39.1 Å². The van der Waals surface area contributed by atoms with Crippen molar-refractivity contribution in [3.63, 3.8) is 0 Å². The molecule has 1 unspecified atom stereocenters. The van der Waals surface area contributed by atoms with Crippen LogP contribution in [0.3, 0.4) is 0 Å². The third-order valence-corrected chi connectivity index (χ3v) is 3.72. The summed E-state index contributed by atoms with van der Waals surface area (Å²) < 4.78 is 26.8. The van der Waals surface area contributed by atoms with Crippen LogP contribution >= 0.6 is 27.5 Å². The zero-order valence-corrected chi connectivity index (χ0v) is 11.1. The second kappa shape index (κ2) is 4.90. The van der Waals surface area contributed by atoms with Crippen LogP contribution in [0.4, 0.5) is 14.5 Å². The summed E-state index contributed by atoms with van der Waals surface area (Å²) in [6, 6.07) is 1.90. The van der Waals surface area contributed by atoms with Crippen LogP contribution in [0.5, 0.6) is 0 Å². The lowest BCUT2D eigenvalue weighted by Gasteiger charge is -2.18. The molecule has 92 valence electrons. The average Bonchev–Trinajstić information content (AvgIpc) is 2.59. The molecular weight excluding hydrogens is 315 g/mol. The van der Waals surface area contributed by atoms with Gasteiger partial charge in [-0.1, -0.05) is 0 Å². The lowest BCUT2D eigenvalue weighted by atomic mass is 10.1. The van der Waals surface area contributed by atoms with Crippen LogP contribution in [0.1, 0.15) is 6.42 Å². The number of halogens is 4.